The van der Waals surface area contributed by atoms with Crippen molar-refractivity contribution >= 4 is 34.6 Å². The van der Waals surface area contributed by atoms with E-state index < -0.39 is 4.92 Å². The Hall–Kier alpha value is -1.85. The molecule has 7 heteroatoms. The number of benzene rings is 1. The molecule has 0 amide bonds. The fourth-order valence-electron chi connectivity index (χ4n) is 1.83. The van der Waals surface area contributed by atoms with Crippen LogP contribution in [-0.2, 0) is 6.54 Å². The van der Waals surface area contributed by atoms with Gasteiger partial charge in [-0.2, -0.15) is 0 Å². The quantitative estimate of drug-likeness (QED) is 0.487. The summed E-state index contributed by atoms with van der Waals surface area (Å²) in [5.41, 5.74) is 1.31. The highest BCUT2D eigenvalue weighted by molar-refractivity contribution is 6.34. The minimum Gasteiger partial charge on any atom is -0.365 e. The second-order valence-electron chi connectivity index (χ2n) is 4.20. The molecule has 2 aromatic rings. The van der Waals surface area contributed by atoms with Crippen molar-refractivity contribution in [3.63, 3.8) is 0 Å². The van der Waals surface area contributed by atoms with Gasteiger partial charge in [0.2, 0.25) is 0 Å². The largest absolute Gasteiger partial charge is 0.365 e. The van der Waals surface area contributed by atoms with Crippen LogP contribution in [0.15, 0.2) is 36.5 Å². The van der Waals surface area contributed by atoms with Crippen molar-refractivity contribution in [2.24, 2.45) is 0 Å². The highest BCUT2D eigenvalue weighted by Gasteiger charge is 2.17. The number of aromatic nitrogens is 1. The molecule has 1 heterocycles. The number of para-hydroxylation sites is 2. The molecule has 0 saturated carbocycles. The summed E-state index contributed by atoms with van der Waals surface area (Å²) < 4.78 is 0. The molecule has 0 aliphatic carbocycles. The molecule has 0 aliphatic rings. The van der Waals surface area contributed by atoms with E-state index in [1.807, 2.05) is 0 Å². The number of anilines is 1. The zero-order chi connectivity index (χ0) is 14.7. The first kappa shape index (κ1) is 14.6. The average molecular weight is 312 g/mol. The molecule has 0 spiro atoms. The molecule has 1 aromatic heterocycles. The highest BCUT2D eigenvalue weighted by Crippen LogP contribution is 2.29. The Labute approximate surface area is 125 Å². The minimum absolute atomic E-state index is 0.0491. The molecule has 1 aromatic carbocycles. The second kappa shape index (κ2) is 6.07. The van der Waals surface area contributed by atoms with Crippen LogP contribution in [0.2, 0.25) is 10.2 Å². The van der Waals surface area contributed by atoms with Gasteiger partial charge in [-0.1, -0.05) is 35.3 Å². The van der Waals surface area contributed by atoms with Crippen LogP contribution in [0.25, 0.3) is 0 Å². The Morgan fingerprint density at radius 1 is 1.35 bits per heavy atom. The van der Waals surface area contributed by atoms with Crippen molar-refractivity contribution in [2.75, 3.05) is 11.9 Å². The number of nitro groups is 1. The van der Waals surface area contributed by atoms with Crippen molar-refractivity contribution in [3.05, 3.63) is 62.4 Å². The fourth-order valence-corrected chi connectivity index (χ4v) is 2.26. The lowest BCUT2D eigenvalue weighted by atomic mass is 10.2. The van der Waals surface area contributed by atoms with Gasteiger partial charge in [0, 0.05) is 31.4 Å². The molecule has 0 fully saturated rings. The molecule has 0 atom stereocenters. The summed E-state index contributed by atoms with van der Waals surface area (Å²) in [7, 11) is 1.76. The summed E-state index contributed by atoms with van der Waals surface area (Å²) in [5, 5.41) is 11.8. The Kier molecular flexibility index (Phi) is 4.42. The molecule has 5 nitrogen and oxygen atoms in total. The van der Waals surface area contributed by atoms with Gasteiger partial charge in [0.05, 0.1) is 9.95 Å². The van der Waals surface area contributed by atoms with Crippen LogP contribution in [-0.4, -0.2) is 17.0 Å². The fraction of sp³-hybridized carbons (Fsp3) is 0.154. The first-order valence-corrected chi connectivity index (χ1v) is 6.49. The average Bonchev–Trinajstić information content (AvgIpc) is 2.41. The zero-order valence-corrected chi connectivity index (χ0v) is 12.1. The Balaban J connectivity index is 2.28. The predicted molar refractivity (Wildman–Crippen MR) is 79.5 cm³/mol. The van der Waals surface area contributed by atoms with Crippen molar-refractivity contribution in [1.29, 1.82) is 0 Å². The van der Waals surface area contributed by atoms with Crippen LogP contribution in [0.4, 0.5) is 11.4 Å². The third-order valence-electron chi connectivity index (χ3n) is 2.79. The summed E-state index contributed by atoms with van der Waals surface area (Å²) in [6, 6.07) is 8.08. The van der Waals surface area contributed by atoms with Gasteiger partial charge in [-0.05, 0) is 12.1 Å². The van der Waals surface area contributed by atoms with Crippen molar-refractivity contribution in [3.8, 4) is 0 Å². The number of hydrogen-bond donors (Lipinski definition) is 0. The van der Waals surface area contributed by atoms with E-state index in [-0.39, 0.29) is 5.69 Å². The normalized spacial score (nSPS) is 10.3. The number of hydrogen-bond acceptors (Lipinski definition) is 4. The molecular formula is C13H11Cl2N3O2. The summed E-state index contributed by atoms with van der Waals surface area (Å²) in [6.07, 6.45) is 1.57. The van der Waals surface area contributed by atoms with E-state index in [1.54, 1.807) is 42.4 Å². The number of pyridine rings is 1. The lowest BCUT2D eigenvalue weighted by Crippen LogP contribution is -2.18. The maximum atomic E-state index is 11.0. The molecule has 0 aliphatic heterocycles. The molecule has 104 valence electrons. The van der Waals surface area contributed by atoms with Crippen LogP contribution >= 0.6 is 23.2 Å². The molecule has 0 unspecified atom stereocenters. The van der Waals surface area contributed by atoms with Gasteiger partial charge < -0.3 is 4.90 Å². The molecule has 0 radical (unpaired) electrons. The summed E-state index contributed by atoms with van der Waals surface area (Å²) in [5.74, 6) is 0. The Morgan fingerprint density at radius 3 is 2.70 bits per heavy atom. The Bertz CT molecular complexity index is 649. The third-order valence-corrected chi connectivity index (χ3v) is 3.35. The summed E-state index contributed by atoms with van der Waals surface area (Å²) in [4.78, 5) is 16.3. The monoisotopic (exact) mass is 311 g/mol. The Morgan fingerprint density at radius 2 is 2.05 bits per heavy atom. The molecule has 2 rings (SSSR count). The third kappa shape index (κ3) is 3.18. The number of rotatable bonds is 4. The van der Waals surface area contributed by atoms with Crippen molar-refractivity contribution < 1.29 is 4.92 Å². The van der Waals surface area contributed by atoms with Crippen molar-refractivity contribution in [1.82, 2.24) is 4.98 Å². The van der Waals surface area contributed by atoms with Gasteiger partial charge in [0.1, 0.15) is 10.8 Å². The maximum absolute atomic E-state index is 11.0. The minimum atomic E-state index is -0.409. The van der Waals surface area contributed by atoms with E-state index in [2.05, 4.69) is 4.98 Å². The lowest BCUT2D eigenvalue weighted by molar-refractivity contribution is -0.384. The summed E-state index contributed by atoms with van der Waals surface area (Å²) >= 11 is 11.8. The maximum Gasteiger partial charge on any atom is 0.292 e. The van der Waals surface area contributed by atoms with Gasteiger partial charge in [-0.3, -0.25) is 10.1 Å². The van der Waals surface area contributed by atoms with E-state index in [0.717, 1.165) is 5.56 Å². The standard InChI is InChI=1S/C13H11Cl2N3O2/c1-17(8-9-7-16-13(15)6-10(9)14)11-4-2-3-5-12(11)18(19)20/h2-7H,8H2,1H3. The first-order chi connectivity index (χ1) is 9.49. The number of halogens is 2. The molecule has 20 heavy (non-hydrogen) atoms. The molecule has 0 saturated heterocycles. The predicted octanol–water partition coefficient (Wildman–Crippen LogP) is 3.93. The molecule has 0 bridgehead atoms. The van der Waals surface area contributed by atoms with Crippen LogP contribution in [0.3, 0.4) is 0 Å². The number of nitrogens with zero attached hydrogens (tertiary/aromatic N) is 3. The molecular weight excluding hydrogens is 301 g/mol. The first-order valence-electron chi connectivity index (χ1n) is 5.73. The molecule has 0 N–H and O–H groups in total. The second-order valence-corrected chi connectivity index (χ2v) is 4.99. The van der Waals surface area contributed by atoms with E-state index >= 15 is 0 Å². The van der Waals surface area contributed by atoms with E-state index in [1.165, 1.54) is 6.07 Å². The zero-order valence-electron chi connectivity index (χ0n) is 10.6. The van der Waals surface area contributed by atoms with Gasteiger partial charge in [-0.15, -0.1) is 0 Å². The van der Waals surface area contributed by atoms with Gasteiger partial charge >= 0.3 is 0 Å². The number of nitro benzene ring substituents is 1. The van der Waals surface area contributed by atoms with Gasteiger partial charge in [-0.25, -0.2) is 4.98 Å². The van der Waals surface area contributed by atoms with Crippen LogP contribution in [0.5, 0.6) is 0 Å². The topological polar surface area (TPSA) is 59.3 Å². The van der Waals surface area contributed by atoms with E-state index in [9.17, 15) is 10.1 Å². The van der Waals surface area contributed by atoms with Crippen LogP contribution in [0, 0.1) is 10.1 Å². The smallest absolute Gasteiger partial charge is 0.292 e. The summed E-state index contributed by atoms with van der Waals surface area (Å²) in [6.45, 7) is 0.397. The van der Waals surface area contributed by atoms with Crippen molar-refractivity contribution in [2.45, 2.75) is 6.54 Å². The van der Waals surface area contributed by atoms with E-state index in [0.29, 0.717) is 22.4 Å². The van der Waals surface area contributed by atoms with Gasteiger partial charge in [0.15, 0.2) is 0 Å². The van der Waals surface area contributed by atoms with Crippen LogP contribution < -0.4 is 4.90 Å². The van der Waals surface area contributed by atoms with Gasteiger partial charge in [0.25, 0.3) is 5.69 Å². The lowest BCUT2D eigenvalue weighted by Gasteiger charge is -2.19. The SMILES string of the molecule is CN(Cc1cnc(Cl)cc1Cl)c1ccccc1[N+](=O)[O-]. The highest BCUT2D eigenvalue weighted by atomic mass is 35.5. The van der Waals surface area contributed by atoms with E-state index in [4.69, 9.17) is 23.2 Å². The van der Waals surface area contributed by atoms with Crippen LogP contribution in [0.1, 0.15) is 5.56 Å².